The van der Waals surface area contributed by atoms with Crippen molar-refractivity contribution in [2.45, 2.75) is 51.6 Å². The third kappa shape index (κ3) is 3.90. The third-order valence-electron chi connectivity index (χ3n) is 5.10. The van der Waals surface area contributed by atoms with Crippen LogP contribution in [0.3, 0.4) is 0 Å². The Kier molecular flexibility index (Phi) is 4.41. The summed E-state index contributed by atoms with van der Waals surface area (Å²) < 4.78 is 0. The molecule has 2 fully saturated rings. The van der Waals surface area contributed by atoms with Gasteiger partial charge in [0, 0.05) is 12.1 Å². The number of pyridine rings is 1. The van der Waals surface area contributed by atoms with Gasteiger partial charge in [-0.2, -0.15) is 20.2 Å². The number of hydrogen-bond acceptors (Lipinski definition) is 7. The molecule has 7 heteroatoms. The van der Waals surface area contributed by atoms with Crippen LogP contribution in [0.25, 0.3) is 11.5 Å². The maximum Gasteiger partial charge on any atom is 0.228 e. The highest BCUT2D eigenvalue weighted by molar-refractivity contribution is 5.54. The Labute approximate surface area is 153 Å². The first-order valence-electron chi connectivity index (χ1n) is 9.29. The first kappa shape index (κ1) is 16.7. The first-order valence-corrected chi connectivity index (χ1v) is 9.29. The SMILES string of the molecule is CC(Nc1nc(NC(C)C2CC2)nc(-c2cccc(C#N)n2)n1)C1CC1. The lowest BCUT2D eigenvalue weighted by Crippen LogP contribution is -2.23. The summed E-state index contributed by atoms with van der Waals surface area (Å²) in [5.74, 6) is 2.98. The molecule has 2 aromatic rings. The van der Waals surface area contributed by atoms with Gasteiger partial charge in [0.2, 0.25) is 11.9 Å². The fourth-order valence-corrected chi connectivity index (χ4v) is 3.08. The van der Waals surface area contributed by atoms with Gasteiger partial charge in [0.25, 0.3) is 0 Å². The van der Waals surface area contributed by atoms with Crippen LogP contribution in [0.15, 0.2) is 18.2 Å². The summed E-state index contributed by atoms with van der Waals surface area (Å²) in [7, 11) is 0. The number of hydrogen-bond donors (Lipinski definition) is 2. The van der Waals surface area contributed by atoms with E-state index in [1.165, 1.54) is 25.7 Å². The molecule has 0 aromatic carbocycles. The number of nitriles is 1. The molecule has 2 atom stereocenters. The second-order valence-corrected chi connectivity index (χ2v) is 7.37. The second-order valence-electron chi connectivity index (χ2n) is 7.37. The lowest BCUT2D eigenvalue weighted by Gasteiger charge is -2.16. The van der Waals surface area contributed by atoms with Crippen LogP contribution in [0.1, 0.15) is 45.2 Å². The zero-order valence-electron chi connectivity index (χ0n) is 15.1. The summed E-state index contributed by atoms with van der Waals surface area (Å²) in [5.41, 5.74) is 0.931. The van der Waals surface area contributed by atoms with E-state index in [0.717, 1.165) is 0 Å². The van der Waals surface area contributed by atoms with E-state index in [-0.39, 0.29) is 0 Å². The van der Waals surface area contributed by atoms with Crippen LogP contribution in [-0.4, -0.2) is 32.0 Å². The summed E-state index contributed by atoms with van der Waals surface area (Å²) in [4.78, 5) is 18.0. The molecule has 0 aliphatic heterocycles. The van der Waals surface area contributed by atoms with Crippen LogP contribution < -0.4 is 10.6 Å². The van der Waals surface area contributed by atoms with Crippen LogP contribution >= 0.6 is 0 Å². The minimum Gasteiger partial charge on any atom is -0.351 e. The summed E-state index contributed by atoms with van der Waals surface area (Å²) in [6, 6.07) is 8.01. The van der Waals surface area contributed by atoms with Gasteiger partial charge >= 0.3 is 0 Å². The number of aromatic nitrogens is 4. The molecule has 0 bridgehead atoms. The lowest BCUT2D eigenvalue weighted by molar-refractivity contribution is 0.676. The van der Waals surface area contributed by atoms with Crippen molar-refractivity contribution >= 4 is 11.9 Å². The smallest absolute Gasteiger partial charge is 0.228 e. The van der Waals surface area contributed by atoms with Gasteiger partial charge in [-0.3, -0.25) is 0 Å². The van der Waals surface area contributed by atoms with E-state index in [2.05, 4.69) is 50.5 Å². The van der Waals surface area contributed by atoms with Crippen molar-refractivity contribution in [3.8, 4) is 17.6 Å². The van der Waals surface area contributed by atoms with Gasteiger partial charge in [-0.05, 0) is 63.5 Å². The van der Waals surface area contributed by atoms with Gasteiger partial charge < -0.3 is 10.6 Å². The zero-order chi connectivity index (χ0) is 18.1. The largest absolute Gasteiger partial charge is 0.351 e. The average Bonchev–Trinajstić information content (AvgIpc) is 3.53. The van der Waals surface area contributed by atoms with Gasteiger partial charge in [-0.15, -0.1) is 0 Å². The van der Waals surface area contributed by atoms with Gasteiger partial charge in [-0.25, -0.2) is 4.98 Å². The van der Waals surface area contributed by atoms with E-state index < -0.39 is 0 Å². The molecule has 2 saturated carbocycles. The van der Waals surface area contributed by atoms with Crippen LogP contribution in [0.2, 0.25) is 0 Å². The molecular weight excluding hydrogens is 326 g/mol. The van der Waals surface area contributed by atoms with Crippen molar-refractivity contribution in [2.24, 2.45) is 11.8 Å². The summed E-state index contributed by atoms with van der Waals surface area (Å²) in [6.45, 7) is 4.32. The Morgan fingerprint density at radius 3 is 2.00 bits per heavy atom. The number of nitrogens with one attached hydrogen (secondary N) is 2. The molecule has 2 aliphatic carbocycles. The average molecular weight is 349 g/mol. The Hall–Kier alpha value is -2.75. The van der Waals surface area contributed by atoms with E-state index in [1.807, 2.05) is 6.07 Å². The van der Waals surface area contributed by atoms with E-state index in [9.17, 15) is 0 Å². The molecule has 0 radical (unpaired) electrons. The third-order valence-corrected chi connectivity index (χ3v) is 5.10. The predicted molar refractivity (Wildman–Crippen MR) is 99.4 cm³/mol. The number of anilines is 2. The highest BCUT2D eigenvalue weighted by Crippen LogP contribution is 2.35. The molecular formula is C19H23N7. The summed E-state index contributed by atoms with van der Waals surface area (Å²) in [6.07, 6.45) is 5.01. The van der Waals surface area contributed by atoms with Crippen molar-refractivity contribution in [3.05, 3.63) is 23.9 Å². The zero-order valence-corrected chi connectivity index (χ0v) is 15.1. The molecule has 0 saturated heterocycles. The van der Waals surface area contributed by atoms with Crippen molar-refractivity contribution in [2.75, 3.05) is 10.6 Å². The van der Waals surface area contributed by atoms with Crippen LogP contribution in [0.5, 0.6) is 0 Å². The van der Waals surface area contributed by atoms with Crippen LogP contribution in [0.4, 0.5) is 11.9 Å². The molecule has 4 rings (SSSR count). The van der Waals surface area contributed by atoms with Gasteiger partial charge in [-0.1, -0.05) is 6.07 Å². The standard InChI is InChI=1S/C19H23N7/c1-11(13-6-7-13)21-18-24-17(16-5-3-4-15(10-20)23-16)25-19(26-18)22-12(2)14-8-9-14/h3-5,11-14H,6-9H2,1-2H3,(H2,21,22,24,25,26). The molecule has 0 amide bonds. The Morgan fingerprint density at radius 2 is 1.50 bits per heavy atom. The highest BCUT2D eigenvalue weighted by atomic mass is 15.2. The second kappa shape index (κ2) is 6.87. The highest BCUT2D eigenvalue weighted by Gasteiger charge is 2.30. The van der Waals surface area contributed by atoms with E-state index in [4.69, 9.17) is 5.26 Å². The Bertz CT molecular complexity index is 798. The summed E-state index contributed by atoms with van der Waals surface area (Å²) >= 11 is 0. The molecule has 2 N–H and O–H groups in total. The fraction of sp³-hybridized carbons (Fsp3) is 0.526. The Balaban J connectivity index is 1.65. The van der Waals surface area contributed by atoms with Gasteiger partial charge in [0.05, 0.1) is 0 Å². The number of nitrogens with zero attached hydrogens (tertiary/aromatic N) is 5. The Morgan fingerprint density at radius 1 is 0.923 bits per heavy atom. The summed E-state index contributed by atoms with van der Waals surface area (Å²) in [5, 5.41) is 15.9. The molecule has 134 valence electrons. The molecule has 2 unspecified atom stereocenters. The van der Waals surface area contributed by atoms with Crippen molar-refractivity contribution < 1.29 is 0 Å². The quantitative estimate of drug-likeness (QED) is 0.791. The van der Waals surface area contributed by atoms with Crippen molar-refractivity contribution in [1.29, 1.82) is 5.26 Å². The maximum atomic E-state index is 9.10. The molecule has 2 aliphatic rings. The van der Waals surface area contributed by atoms with E-state index >= 15 is 0 Å². The molecule has 0 spiro atoms. The molecule has 26 heavy (non-hydrogen) atoms. The molecule has 7 nitrogen and oxygen atoms in total. The monoisotopic (exact) mass is 349 g/mol. The minimum absolute atomic E-state index is 0.331. The number of rotatable bonds is 7. The van der Waals surface area contributed by atoms with Gasteiger partial charge in [0.1, 0.15) is 17.5 Å². The maximum absolute atomic E-state index is 9.10. The predicted octanol–water partition coefficient (Wildman–Crippen LogP) is 3.23. The van der Waals surface area contributed by atoms with E-state index in [0.29, 0.717) is 53.0 Å². The van der Waals surface area contributed by atoms with Crippen molar-refractivity contribution in [3.63, 3.8) is 0 Å². The fourth-order valence-electron chi connectivity index (χ4n) is 3.08. The van der Waals surface area contributed by atoms with E-state index in [1.54, 1.807) is 12.1 Å². The topological polar surface area (TPSA) is 99.4 Å². The van der Waals surface area contributed by atoms with Crippen LogP contribution in [-0.2, 0) is 0 Å². The van der Waals surface area contributed by atoms with Gasteiger partial charge in [0.15, 0.2) is 5.82 Å². The first-order chi connectivity index (χ1) is 12.6. The normalized spacial score (nSPS) is 18.7. The van der Waals surface area contributed by atoms with Crippen LogP contribution in [0, 0.1) is 23.2 Å². The minimum atomic E-state index is 0.331. The lowest BCUT2D eigenvalue weighted by atomic mass is 10.2. The molecule has 2 aromatic heterocycles. The molecule has 2 heterocycles. The van der Waals surface area contributed by atoms with Crippen molar-refractivity contribution in [1.82, 2.24) is 19.9 Å².